The molecule has 9 nitrogen and oxygen atoms in total. The molecule has 10 heteroatoms. The van der Waals surface area contributed by atoms with E-state index in [1.807, 2.05) is 18.9 Å². The number of halogens is 1. The predicted octanol–water partition coefficient (Wildman–Crippen LogP) is 2.77. The lowest BCUT2D eigenvalue weighted by molar-refractivity contribution is -0.144. The van der Waals surface area contributed by atoms with Gasteiger partial charge in [0.25, 0.3) is 0 Å². The third-order valence-electron chi connectivity index (χ3n) is 10.2. The van der Waals surface area contributed by atoms with Gasteiger partial charge in [-0.3, -0.25) is 14.4 Å². The normalized spacial score (nSPS) is 29.6. The van der Waals surface area contributed by atoms with Crippen LogP contribution in [-0.2, 0) is 23.9 Å². The highest BCUT2D eigenvalue weighted by molar-refractivity contribution is 5.89. The average molecular weight is 581 g/mol. The molecule has 0 radical (unpaired) electrons. The highest BCUT2D eigenvalue weighted by atomic mass is 19.1. The Morgan fingerprint density at radius 2 is 1.63 bits per heavy atom. The number of ether oxygens (including phenoxy) is 2. The molecule has 0 aromatic rings. The topological polar surface area (TPSA) is 100 Å². The number of amides is 3. The number of hydrogen-bond acceptors (Lipinski definition) is 6. The number of carbonyl (C=O) groups is 3. The first-order chi connectivity index (χ1) is 19.6. The van der Waals surface area contributed by atoms with E-state index in [4.69, 9.17) is 9.47 Å². The van der Waals surface area contributed by atoms with Crippen molar-refractivity contribution >= 4 is 17.7 Å². The number of hydrogen-bond donors (Lipinski definition) is 2. The lowest BCUT2D eigenvalue weighted by Crippen LogP contribution is -2.60. The molecule has 2 N–H and O–H groups in total. The maximum absolute atomic E-state index is 15.5. The van der Waals surface area contributed by atoms with Crippen LogP contribution in [0.25, 0.3) is 0 Å². The second-order valence-corrected chi connectivity index (χ2v) is 13.3. The Morgan fingerprint density at radius 1 is 0.976 bits per heavy atom. The van der Waals surface area contributed by atoms with Crippen LogP contribution in [0.5, 0.6) is 0 Å². The molecule has 4 aliphatic rings. The highest BCUT2D eigenvalue weighted by Crippen LogP contribution is 2.50. The van der Waals surface area contributed by atoms with Gasteiger partial charge in [-0.05, 0) is 95.4 Å². The van der Waals surface area contributed by atoms with Gasteiger partial charge in [0.1, 0.15) is 18.3 Å². The van der Waals surface area contributed by atoms with Gasteiger partial charge < -0.3 is 29.9 Å². The molecule has 234 valence electrons. The maximum atomic E-state index is 15.5. The zero-order valence-corrected chi connectivity index (χ0v) is 25.8. The van der Waals surface area contributed by atoms with Gasteiger partial charge in [-0.1, -0.05) is 6.92 Å². The molecule has 4 fully saturated rings. The van der Waals surface area contributed by atoms with E-state index in [0.29, 0.717) is 56.7 Å². The molecule has 4 unspecified atom stereocenters. The fourth-order valence-electron chi connectivity index (χ4n) is 6.82. The molecule has 41 heavy (non-hydrogen) atoms. The highest BCUT2D eigenvalue weighted by Gasteiger charge is 2.44. The summed E-state index contributed by atoms with van der Waals surface area (Å²) in [6.07, 6.45) is 5.01. The zero-order chi connectivity index (χ0) is 29.7. The number of piperazine rings is 1. The minimum Gasteiger partial charge on any atom is -0.382 e. The minimum atomic E-state index is -1.17. The van der Waals surface area contributed by atoms with Crippen molar-refractivity contribution in [3.05, 3.63) is 0 Å². The third-order valence-corrected chi connectivity index (χ3v) is 10.2. The van der Waals surface area contributed by atoms with Gasteiger partial charge in [-0.25, -0.2) is 4.39 Å². The van der Waals surface area contributed by atoms with E-state index in [-0.39, 0.29) is 48.6 Å². The van der Waals surface area contributed by atoms with Crippen LogP contribution in [0.1, 0.15) is 72.1 Å². The summed E-state index contributed by atoms with van der Waals surface area (Å²) in [7, 11) is 3.61. The monoisotopic (exact) mass is 580 g/mol. The summed E-state index contributed by atoms with van der Waals surface area (Å²) in [5.41, 5.74) is 0. The van der Waals surface area contributed by atoms with Crippen molar-refractivity contribution < 1.29 is 28.2 Å². The number of carbonyl (C=O) groups excluding carboxylic acids is 3. The van der Waals surface area contributed by atoms with E-state index in [0.717, 1.165) is 6.54 Å². The average Bonchev–Trinajstić information content (AvgIpc) is 3.86. The van der Waals surface area contributed by atoms with E-state index in [9.17, 15) is 14.4 Å². The Bertz CT molecular complexity index is 888. The van der Waals surface area contributed by atoms with Crippen molar-refractivity contribution in [3.63, 3.8) is 0 Å². The fraction of sp³-hybridized carbons (Fsp3) is 0.903. The largest absolute Gasteiger partial charge is 0.382 e. The van der Waals surface area contributed by atoms with Crippen LogP contribution in [-0.4, -0.2) is 105 Å². The molecule has 7 atom stereocenters. The molecule has 0 aromatic carbocycles. The van der Waals surface area contributed by atoms with Crippen molar-refractivity contribution in [1.29, 1.82) is 0 Å². The molecule has 0 bridgehead atoms. The lowest BCUT2D eigenvalue weighted by Gasteiger charge is -2.42. The molecule has 3 saturated carbocycles. The molecule has 0 aromatic heterocycles. The van der Waals surface area contributed by atoms with Gasteiger partial charge in [0.15, 0.2) is 0 Å². The molecule has 0 spiro atoms. The molecular weight excluding hydrogens is 527 g/mol. The Morgan fingerprint density at radius 3 is 2.22 bits per heavy atom. The molecule has 3 amide bonds. The predicted molar refractivity (Wildman–Crippen MR) is 155 cm³/mol. The first-order valence-electron chi connectivity index (χ1n) is 15.9. The van der Waals surface area contributed by atoms with E-state index in [1.54, 1.807) is 14.0 Å². The van der Waals surface area contributed by atoms with Crippen LogP contribution in [0.4, 0.5) is 4.39 Å². The second kappa shape index (κ2) is 14.6. The summed E-state index contributed by atoms with van der Waals surface area (Å²) in [4.78, 5) is 43.8. The van der Waals surface area contributed by atoms with E-state index in [2.05, 4.69) is 22.5 Å². The van der Waals surface area contributed by atoms with Gasteiger partial charge in [-0.2, -0.15) is 0 Å². The van der Waals surface area contributed by atoms with Crippen LogP contribution in [0, 0.1) is 29.6 Å². The van der Waals surface area contributed by atoms with Gasteiger partial charge in [0, 0.05) is 39.2 Å². The lowest BCUT2D eigenvalue weighted by atomic mass is 9.74. The minimum absolute atomic E-state index is 0.0140. The van der Waals surface area contributed by atoms with Crippen LogP contribution >= 0.6 is 0 Å². The Kier molecular flexibility index (Phi) is 11.4. The van der Waals surface area contributed by atoms with Gasteiger partial charge in [-0.15, -0.1) is 0 Å². The third kappa shape index (κ3) is 8.86. The fourth-order valence-corrected chi connectivity index (χ4v) is 6.82. The SMILES string of the molecule is COCCOC(C)C(=O)N[C@@H](C(=O)N1CCN(C)[C@H](C)C1)[C@@H](C)C1CCC(NC(=O)CC(C2CC2)C2CC2)C(F)C1. The standard InChI is InChI=1S/C31H53FN4O5/c1-19-18-36(13-12-35(19)4)31(39)29(34-30(38)21(3)41-15-14-40-5)20(2)24-10-11-27(26(32)16-24)33-28(37)17-25(22-6-7-22)23-8-9-23/h19-27,29H,6-18H2,1-5H3,(H,33,37)(H,34,38)/t19-,20+,21?,24?,26?,27?,29-/m1/s1. The van der Waals surface area contributed by atoms with E-state index in [1.165, 1.54) is 25.7 Å². The quantitative estimate of drug-likeness (QED) is 0.307. The van der Waals surface area contributed by atoms with E-state index < -0.39 is 24.4 Å². The molecule has 1 heterocycles. The summed E-state index contributed by atoms with van der Waals surface area (Å²) in [5, 5.41) is 5.99. The Balaban J connectivity index is 1.36. The van der Waals surface area contributed by atoms with Crippen LogP contribution < -0.4 is 10.6 Å². The Labute approximate surface area is 245 Å². The molecule has 3 aliphatic carbocycles. The summed E-state index contributed by atoms with van der Waals surface area (Å²) in [5.74, 6) is 1.00. The summed E-state index contributed by atoms with van der Waals surface area (Å²) in [6, 6.07) is -1.04. The first-order valence-corrected chi connectivity index (χ1v) is 15.9. The zero-order valence-electron chi connectivity index (χ0n) is 25.8. The van der Waals surface area contributed by atoms with Crippen LogP contribution in [0.3, 0.4) is 0 Å². The number of nitrogens with zero attached hydrogens (tertiary/aromatic N) is 2. The number of likely N-dealkylation sites (N-methyl/N-ethyl adjacent to an activating group) is 1. The van der Waals surface area contributed by atoms with E-state index >= 15 is 4.39 Å². The van der Waals surface area contributed by atoms with Crippen LogP contribution in [0.15, 0.2) is 0 Å². The molecule has 1 aliphatic heterocycles. The van der Waals surface area contributed by atoms with Crippen molar-refractivity contribution in [2.75, 3.05) is 47.0 Å². The summed E-state index contributed by atoms with van der Waals surface area (Å²) >= 11 is 0. The molecule has 1 saturated heterocycles. The van der Waals surface area contributed by atoms with Gasteiger partial charge in [0.05, 0.1) is 19.3 Å². The van der Waals surface area contributed by atoms with Crippen LogP contribution in [0.2, 0.25) is 0 Å². The van der Waals surface area contributed by atoms with Gasteiger partial charge >= 0.3 is 0 Å². The Hall–Kier alpha value is -1.78. The second-order valence-electron chi connectivity index (χ2n) is 13.3. The van der Waals surface area contributed by atoms with Crippen molar-refractivity contribution in [2.24, 2.45) is 29.6 Å². The smallest absolute Gasteiger partial charge is 0.249 e. The van der Waals surface area contributed by atoms with Crippen molar-refractivity contribution in [3.8, 4) is 0 Å². The molecule has 4 rings (SSSR count). The van der Waals surface area contributed by atoms with Crippen molar-refractivity contribution in [2.45, 2.75) is 103 Å². The summed E-state index contributed by atoms with van der Waals surface area (Å²) in [6.45, 7) is 8.28. The number of rotatable bonds is 14. The maximum Gasteiger partial charge on any atom is 0.249 e. The number of nitrogens with one attached hydrogen (secondary N) is 2. The first kappa shape index (κ1) is 32.1. The number of methoxy groups -OCH3 is 1. The summed E-state index contributed by atoms with van der Waals surface area (Å²) < 4.78 is 26.1. The van der Waals surface area contributed by atoms with Gasteiger partial charge in [0.2, 0.25) is 17.7 Å². The molecular formula is C31H53FN4O5. The van der Waals surface area contributed by atoms with Crippen molar-refractivity contribution in [1.82, 2.24) is 20.4 Å². The number of alkyl halides is 1.